The lowest BCUT2D eigenvalue weighted by Gasteiger charge is -2.20. The van der Waals surface area contributed by atoms with Crippen molar-refractivity contribution >= 4 is 0 Å². The second-order valence-electron chi connectivity index (χ2n) is 5.70. The minimum Gasteiger partial charge on any atom is -0.314 e. The molecule has 2 atom stereocenters. The second kappa shape index (κ2) is 10.1. The van der Waals surface area contributed by atoms with Crippen LogP contribution in [0.25, 0.3) is 0 Å². The largest absolute Gasteiger partial charge is 0.314 e. The zero-order valence-electron chi connectivity index (χ0n) is 12.2. The molecule has 0 aliphatic rings. The molecule has 0 radical (unpaired) electrons. The van der Waals surface area contributed by atoms with Crippen molar-refractivity contribution in [3.05, 3.63) is 0 Å². The molecule has 0 saturated carbocycles. The lowest BCUT2D eigenvalue weighted by atomic mass is 9.97. The van der Waals surface area contributed by atoms with Gasteiger partial charge in [0.05, 0.1) is 0 Å². The van der Waals surface area contributed by atoms with E-state index in [1.54, 1.807) is 0 Å². The molecule has 1 nitrogen and oxygen atoms in total. The van der Waals surface area contributed by atoms with Gasteiger partial charge in [0.25, 0.3) is 0 Å². The highest BCUT2D eigenvalue weighted by Gasteiger charge is 2.09. The molecule has 0 bridgehead atoms. The van der Waals surface area contributed by atoms with E-state index in [9.17, 15) is 0 Å². The minimum absolute atomic E-state index is 0.744. The molecule has 0 aromatic rings. The third-order valence-corrected chi connectivity index (χ3v) is 3.52. The van der Waals surface area contributed by atoms with Crippen LogP contribution in [0.3, 0.4) is 0 Å². The molecule has 0 fully saturated rings. The van der Waals surface area contributed by atoms with Gasteiger partial charge in [-0.3, -0.25) is 0 Å². The van der Waals surface area contributed by atoms with E-state index in [-0.39, 0.29) is 0 Å². The fourth-order valence-electron chi connectivity index (χ4n) is 2.03. The van der Waals surface area contributed by atoms with Gasteiger partial charge in [-0.05, 0) is 37.6 Å². The van der Waals surface area contributed by atoms with E-state index < -0.39 is 0 Å². The highest BCUT2D eigenvalue weighted by Crippen LogP contribution is 2.12. The normalized spacial score (nSPS) is 15.4. The van der Waals surface area contributed by atoms with Crippen molar-refractivity contribution < 1.29 is 0 Å². The Kier molecular flexibility index (Phi) is 10.1. The summed E-state index contributed by atoms with van der Waals surface area (Å²) in [4.78, 5) is 0. The van der Waals surface area contributed by atoms with Crippen LogP contribution in [0.4, 0.5) is 0 Å². The average molecular weight is 227 g/mol. The Labute approximate surface area is 103 Å². The highest BCUT2D eigenvalue weighted by atomic mass is 14.9. The molecule has 0 saturated heterocycles. The van der Waals surface area contributed by atoms with Gasteiger partial charge in [-0.1, -0.05) is 53.9 Å². The topological polar surface area (TPSA) is 12.0 Å². The summed E-state index contributed by atoms with van der Waals surface area (Å²) in [5.74, 6) is 1.73. The molecular weight excluding hydrogens is 194 g/mol. The van der Waals surface area contributed by atoms with Crippen molar-refractivity contribution in [3.8, 4) is 0 Å². The smallest absolute Gasteiger partial charge is 0.00669 e. The molecule has 0 aromatic carbocycles. The van der Waals surface area contributed by atoms with Crippen molar-refractivity contribution in [1.29, 1.82) is 0 Å². The van der Waals surface area contributed by atoms with Crippen LogP contribution in [-0.4, -0.2) is 12.6 Å². The van der Waals surface area contributed by atoms with Gasteiger partial charge >= 0.3 is 0 Å². The van der Waals surface area contributed by atoms with Gasteiger partial charge < -0.3 is 5.32 Å². The van der Waals surface area contributed by atoms with Crippen molar-refractivity contribution in [2.75, 3.05) is 6.54 Å². The van der Waals surface area contributed by atoms with E-state index in [0.29, 0.717) is 0 Å². The SMILES string of the molecule is CCC(C)CC(CC)NCCCCC(C)C. The summed E-state index contributed by atoms with van der Waals surface area (Å²) >= 11 is 0. The molecule has 0 aliphatic carbocycles. The molecule has 0 aromatic heterocycles. The van der Waals surface area contributed by atoms with Gasteiger partial charge in [-0.15, -0.1) is 0 Å². The second-order valence-corrected chi connectivity index (χ2v) is 5.70. The van der Waals surface area contributed by atoms with Crippen LogP contribution in [0.1, 0.15) is 73.1 Å². The van der Waals surface area contributed by atoms with Gasteiger partial charge in [0.2, 0.25) is 0 Å². The lowest BCUT2D eigenvalue weighted by Crippen LogP contribution is -2.31. The third-order valence-electron chi connectivity index (χ3n) is 3.52. The third kappa shape index (κ3) is 9.21. The van der Waals surface area contributed by atoms with Crippen LogP contribution in [0.2, 0.25) is 0 Å². The molecule has 0 amide bonds. The molecule has 2 unspecified atom stereocenters. The maximum absolute atomic E-state index is 3.71. The molecular formula is C15H33N. The van der Waals surface area contributed by atoms with Crippen LogP contribution < -0.4 is 5.32 Å². The summed E-state index contributed by atoms with van der Waals surface area (Å²) in [5, 5.41) is 3.71. The van der Waals surface area contributed by atoms with E-state index in [2.05, 4.69) is 39.9 Å². The first kappa shape index (κ1) is 16.0. The van der Waals surface area contributed by atoms with Crippen LogP contribution in [-0.2, 0) is 0 Å². The Bertz CT molecular complexity index is 142. The van der Waals surface area contributed by atoms with Gasteiger partial charge in [0.1, 0.15) is 0 Å². The molecule has 1 heteroatoms. The maximum Gasteiger partial charge on any atom is 0.00669 e. The van der Waals surface area contributed by atoms with Crippen molar-refractivity contribution in [2.45, 2.75) is 79.2 Å². The summed E-state index contributed by atoms with van der Waals surface area (Å²) < 4.78 is 0. The van der Waals surface area contributed by atoms with Crippen LogP contribution in [0.15, 0.2) is 0 Å². The van der Waals surface area contributed by atoms with Gasteiger partial charge in [-0.25, -0.2) is 0 Å². The monoisotopic (exact) mass is 227 g/mol. The summed E-state index contributed by atoms with van der Waals surface area (Å²) in [7, 11) is 0. The van der Waals surface area contributed by atoms with E-state index in [0.717, 1.165) is 17.9 Å². The zero-order chi connectivity index (χ0) is 12.4. The van der Waals surface area contributed by atoms with Crippen molar-refractivity contribution in [3.63, 3.8) is 0 Å². The summed E-state index contributed by atoms with van der Waals surface area (Å²) in [6.07, 6.45) is 8.03. The fraction of sp³-hybridized carbons (Fsp3) is 1.00. The average Bonchev–Trinajstić information content (AvgIpc) is 2.26. The van der Waals surface area contributed by atoms with Gasteiger partial charge in [0, 0.05) is 6.04 Å². The van der Waals surface area contributed by atoms with E-state index in [1.807, 2.05) is 0 Å². The Morgan fingerprint density at radius 3 is 2.12 bits per heavy atom. The predicted molar refractivity (Wildman–Crippen MR) is 74.8 cm³/mol. The molecule has 0 heterocycles. The Balaban J connectivity index is 3.48. The maximum atomic E-state index is 3.71. The van der Waals surface area contributed by atoms with E-state index in [1.165, 1.54) is 45.1 Å². The van der Waals surface area contributed by atoms with Gasteiger partial charge in [-0.2, -0.15) is 0 Å². The molecule has 98 valence electrons. The van der Waals surface area contributed by atoms with Crippen molar-refractivity contribution in [2.24, 2.45) is 11.8 Å². The molecule has 0 rings (SSSR count). The minimum atomic E-state index is 0.744. The van der Waals surface area contributed by atoms with Crippen LogP contribution in [0.5, 0.6) is 0 Å². The molecule has 1 N–H and O–H groups in total. The summed E-state index contributed by atoms with van der Waals surface area (Å²) in [6, 6.07) is 0.744. The number of hydrogen-bond acceptors (Lipinski definition) is 1. The fourth-order valence-corrected chi connectivity index (χ4v) is 2.03. The Morgan fingerprint density at radius 2 is 1.62 bits per heavy atom. The molecule has 16 heavy (non-hydrogen) atoms. The van der Waals surface area contributed by atoms with E-state index in [4.69, 9.17) is 0 Å². The predicted octanol–water partition coefficient (Wildman–Crippen LogP) is 4.62. The number of unbranched alkanes of at least 4 members (excludes halogenated alkanes) is 1. The summed E-state index contributed by atoms with van der Waals surface area (Å²) in [6.45, 7) is 12.8. The zero-order valence-corrected chi connectivity index (χ0v) is 12.2. The van der Waals surface area contributed by atoms with Crippen LogP contribution >= 0.6 is 0 Å². The Hall–Kier alpha value is -0.0400. The first-order valence-corrected chi connectivity index (χ1v) is 7.33. The highest BCUT2D eigenvalue weighted by molar-refractivity contribution is 4.68. The standard InChI is InChI=1S/C15H33N/c1-6-14(5)12-15(7-2)16-11-9-8-10-13(3)4/h13-16H,6-12H2,1-5H3. The van der Waals surface area contributed by atoms with E-state index >= 15 is 0 Å². The number of nitrogens with one attached hydrogen (secondary N) is 1. The van der Waals surface area contributed by atoms with Crippen molar-refractivity contribution in [1.82, 2.24) is 5.32 Å². The molecule has 0 spiro atoms. The first-order valence-electron chi connectivity index (χ1n) is 7.33. The van der Waals surface area contributed by atoms with Gasteiger partial charge in [0.15, 0.2) is 0 Å². The number of hydrogen-bond donors (Lipinski definition) is 1. The Morgan fingerprint density at radius 1 is 0.938 bits per heavy atom. The summed E-state index contributed by atoms with van der Waals surface area (Å²) in [5.41, 5.74) is 0. The number of rotatable bonds is 10. The molecule has 0 aliphatic heterocycles. The van der Waals surface area contributed by atoms with Crippen LogP contribution in [0, 0.1) is 11.8 Å². The quantitative estimate of drug-likeness (QED) is 0.537. The first-order chi connectivity index (χ1) is 7.60. The lowest BCUT2D eigenvalue weighted by molar-refractivity contribution is 0.379.